The molecule has 1 aliphatic rings. The first-order valence-corrected chi connectivity index (χ1v) is 7.95. The fraction of sp³-hybridized carbons (Fsp3) is 0.588. The molecule has 21 heavy (non-hydrogen) atoms. The smallest absolute Gasteiger partial charge is 0.241 e. The lowest BCUT2D eigenvalue weighted by Crippen LogP contribution is -2.33. The molecule has 2 rings (SSSR count). The molecule has 1 aliphatic heterocycles. The van der Waals surface area contributed by atoms with E-state index in [0.717, 1.165) is 12.1 Å². The molecule has 0 bridgehead atoms. The number of carbonyl (C=O) groups is 1. The lowest BCUT2D eigenvalue weighted by atomic mass is 9.99. The van der Waals surface area contributed by atoms with Crippen molar-refractivity contribution in [1.82, 2.24) is 10.3 Å². The second kappa shape index (κ2) is 7.57. The van der Waals surface area contributed by atoms with E-state index in [0.29, 0.717) is 6.04 Å². The second-order valence-electron chi connectivity index (χ2n) is 6.14. The first kappa shape index (κ1) is 16.0. The van der Waals surface area contributed by atoms with Crippen LogP contribution in [0.5, 0.6) is 0 Å². The van der Waals surface area contributed by atoms with E-state index in [1.165, 1.54) is 37.8 Å². The molecule has 2 unspecified atom stereocenters. The minimum absolute atomic E-state index is 0.149. The molecule has 3 N–H and O–H groups in total. The van der Waals surface area contributed by atoms with Gasteiger partial charge >= 0.3 is 0 Å². The zero-order chi connectivity index (χ0) is 15.2. The number of hydrogen-bond acceptors (Lipinski definition) is 3. The molecule has 4 heteroatoms. The summed E-state index contributed by atoms with van der Waals surface area (Å²) in [6.45, 7) is 6.38. The van der Waals surface area contributed by atoms with Crippen molar-refractivity contribution in [1.29, 1.82) is 0 Å². The van der Waals surface area contributed by atoms with E-state index < -0.39 is 0 Å². The summed E-state index contributed by atoms with van der Waals surface area (Å²) >= 11 is 0. The summed E-state index contributed by atoms with van der Waals surface area (Å²) in [5.74, 6) is 4.83. The zero-order valence-corrected chi connectivity index (χ0v) is 13.1. The molecule has 1 amide bonds. The van der Waals surface area contributed by atoms with Crippen molar-refractivity contribution < 1.29 is 4.79 Å². The van der Waals surface area contributed by atoms with Crippen molar-refractivity contribution in [3.8, 4) is 0 Å². The van der Waals surface area contributed by atoms with Gasteiger partial charge in [0.05, 0.1) is 5.92 Å². The van der Waals surface area contributed by atoms with E-state index in [4.69, 9.17) is 5.84 Å². The Labute approximate surface area is 127 Å². The quantitative estimate of drug-likeness (QED) is 0.509. The van der Waals surface area contributed by atoms with Crippen LogP contribution in [0.3, 0.4) is 0 Å². The lowest BCUT2D eigenvalue weighted by molar-refractivity contribution is -0.122. The fourth-order valence-corrected chi connectivity index (χ4v) is 2.99. The Bertz CT molecular complexity index is 458. The van der Waals surface area contributed by atoms with Gasteiger partial charge in [-0.2, -0.15) is 0 Å². The van der Waals surface area contributed by atoms with E-state index in [1.807, 2.05) is 19.1 Å². The second-order valence-corrected chi connectivity index (χ2v) is 6.14. The maximum absolute atomic E-state index is 11.6. The summed E-state index contributed by atoms with van der Waals surface area (Å²) in [5, 5.41) is 0. The zero-order valence-electron chi connectivity index (χ0n) is 13.1. The minimum Gasteiger partial charge on any atom is -0.296 e. The van der Waals surface area contributed by atoms with Gasteiger partial charge in [-0.15, -0.1) is 0 Å². The summed E-state index contributed by atoms with van der Waals surface area (Å²) in [4.78, 5) is 14.1. The molecule has 1 aromatic carbocycles. The van der Waals surface area contributed by atoms with Gasteiger partial charge in [-0.3, -0.25) is 15.1 Å². The van der Waals surface area contributed by atoms with Crippen molar-refractivity contribution >= 4 is 5.91 Å². The van der Waals surface area contributed by atoms with Crippen molar-refractivity contribution in [2.24, 2.45) is 5.84 Å². The van der Waals surface area contributed by atoms with Gasteiger partial charge in [-0.1, -0.05) is 37.1 Å². The summed E-state index contributed by atoms with van der Waals surface area (Å²) in [6.07, 6.45) is 5.30. The van der Waals surface area contributed by atoms with Gasteiger partial charge in [0.1, 0.15) is 0 Å². The molecule has 0 radical (unpaired) electrons. The highest BCUT2D eigenvalue weighted by molar-refractivity contribution is 5.82. The number of amides is 1. The monoisotopic (exact) mass is 289 g/mol. The molecule has 0 aromatic heterocycles. The molecular weight excluding hydrogens is 262 g/mol. The number of hydrogen-bond donors (Lipinski definition) is 2. The highest BCUT2D eigenvalue weighted by Crippen LogP contribution is 2.20. The number of nitrogens with zero attached hydrogens (tertiary/aromatic N) is 1. The number of carbonyl (C=O) groups excluding carboxylic acids is 1. The van der Waals surface area contributed by atoms with Crippen LogP contribution in [0.4, 0.5) is 0 Å². The largest absolute Gasteiger partial charge is 0.296 e. The van der Waals surface area contributed by atoms with Crippen LogP contribution in [0, 0.1) is 0 Å². The molecule has 0 aliphatic carbocycles. The SMILES string of the molecule is CC(C(=O)NN)c1ccc(CN2CCCCCC2C)cc1. The van der Waals surface area contributed by atoms with Gasteiger partial charge in [0, 0.05) is 12.6 Å². The third kappa shape index (κ3) is 4.29. The highest BCUT2D eigenvalue weighted by Gasteiger charge is 2.17. The predicted molar refractivity (Wildman–Crippen MR) is 85.5 cm³/mol. The van der Waals surface area contributed by atoms with Crippen LogP contribution in [0.1, 0.15) is 56.6 Å². The molecule has 1 fully saturated rings. The summed E-state index contributed by atoms with van der Waals surface area (Å²) in [7, 11) is 0. The van der Waals surface area contributed by atoms with Crippen LogP contribution >= 0.6 is 0 Å². The topological polar surface area (TPSA) is 58.4 Å². The highest BCUT2D eigenvalue weighted by atomic mass is 16.2. The van der Waals surface area contributed by atoms with E-state index in [1.54, 1.807) is 0 Å². The van der Waals surface area contributed by atoms with E-state index in [2.05, 4.69) is 29.4 Å². The average Bonchev–Trinajstić information content (AvgIpc) is 2.71. The van der Waals surface area contributed by atoms with E-state index in [-0.39, 0.29) is 11.8 Å². The first-order valence-electron chi connectivity index (χ1n) is 7.95. The Hall–Kier alpha value is -1.39. The van der Waals surface area contributed by atoms with E-state index in [9.17, 15) is 4.79 Å². The summed E-state index contributed by atoms with van der Waals surface area (Å²) < 4.78 is 0. The number of nitrogens with one attached hydrogen (secondary N) is 1. The van der Waals surface area contributed by atoms with Gasteiger partial charge < -0.3 is 0 Å². The van der Waals surface area contributed by atoms with Gasteiger partial charge in [0.2, 0.25) is 5.91 Å². The Kier molecular flexibility index (Phi) is 5.76. The lowest BCUT2D eigenvalue weighted by Gasteiger charge is -2.27. The van der Waals surface area contributed by atoms with Gasteiger partial charge in [-0.05, 0) is 44.4 Å². The Morgan fingerprint density at radius 2 is 2.05 bits per heavy atom. The molecule has 1 heterocycles. The number of benzene rings is 1. The number of hydrazine groups is 1. The normalized spacial score (nSPS) is 21.6. The summed E-state index contributed by atoms with van der Waals surface area (Å²) in [5.41, 5.74) is 4.53. The van der Waals surface area contributed by atoms with E-state index >= 15 is 0 Å². The molecular formula is C17H27N3O. The predicted octanol–water partition coefficient (Wildman–Crippen LogP) is 2.54. The van der Waals surface area contributed by atoms with Crippen molar-refractivity contribution in [2.45, 2.75) is 58.0 Å². The Morgan fingerprint density at radius 1 is 1.33 bits per heavy atom. The van der Waals surface area contributed by atoms with Crippen LogP contribution in [0.2, 0.25) is 0 Å². The van der Waals surface area contributed by atoms with Crippen molar-refractivity contribution in [3.63, 3.8) is 0 Å². The fourth-order valence-electron chi connectivity index (χ4n) is 2.99. The van der Waals surface area contributed by atoms with Crippen LogP contribution in [-0.4, -0.2) is 23.4 Å². The van der Waals surface area contributed by atoms with Gasteiger partial charge in [0.15, 0.2) is 0 Å². The van der Waals surface area contributed by atoms with Crippen molar-refractivity contribution in [3.05, 3.63) is 35.4 Å². The van der Waals surface area contributed by atoms with Crippen molar-refractivity contribution in [2.75, 3.05) is 6.54 Å². The first-order chi connectivity index (χ1) is 10.1. The average molecular weight is 289 g/mol. The Balaban J connectivity index is 2.00. The number of nitrogens with two attached hydrogens (primary N) is 1. The maximum Gasteiger partial charge on any atom is 0.241 e. The maximum atomic E-state index is 11.6. The molecule has 0 saturated carbocycles. The molecule has 2 atom stereocenters. The number of rotatable bonds is 4. The number of likely N-dealkylation sites (tertiary alicyclic amines) is 1. The van der Waals surface area contributed by atoms with Crippen LogP contribution in [-0.2, 0) is 11.3 Å². The van der Waals surface area contributed by atoms with Crippen LogP contribution in [0.15, 0.2) is 24.3 Å². The molecule has 1 aromatic rings. The third-order valence-electron chi connectivity index (χ3n) is 4.59. The molecule has 4 nitrogen and oxygen atoms in total. The third-order valence-corrected chi connectivity index (χ3v) is 4.59. The van der Waals surface area contributed by atoms with Gasteiger partial charge in [-0.25, -0.2) is 5.84 Å². The minimum atomic E-state index is -0.207. The van der Waals surface area contributed by atoms with Gasteiger partial charge in [0.25, 0.3) is 0 Å². The van der Waals surface area contributed by atoms with Crippen LogP contribution < -0.4 is 11.3 Å². The standard InChI is InChI=1S/C17H27N3O/c1-13-6-4-3-5-11-20(13)12-15-7-9-16(10-8-15)14(2)17(21)19-18/h7-10,13-14H,3-6,11-12,18H2,1-2H3,(H,19,21). The van der Waals surface area contributed by atoms with Crippen LogP contribution in [0.25, 0.3) is 0 Å². The molecule has 0 spiro atoms. The Morgan fingerprint density at radius 3 is 2.71 bits per heavy atom. The summed E-state index contributed by atoms with van der Waals surface area (Å²) in [6, 6.07) is 9.00. The molecule has 116 valence electrons. The molecule has 1 saturated heterocycles.